The SMILES string of the molecule is C=CCc1ccc(OC(=O)C(CC(C)C)NC(=O)c2cccnc2)c(OC)c1.CC(C)CC(NC(=O)c1cccnc1)C(=O)O. The summed E-state index contributed by atoms with van der Waals surface area (Å²) in [6.07, 6.45) is 9.31. The van der Waals surface area contributed by atoms with Crippen LogP contribution in [0.15, 0.2) is 79.9 Å². The minimum absolute atomic E-state index is 0.184. The molecule has 0 fully saturated rings. The molecule has 2 atom stereocenters. The van der Waals surface area contributed by atoms with E-state index < -0.39 is 29.9 Å². The molecule has 0 saturated heterocycles. The molecule has 0 aliphatic carbocycles. The maximum absolute atomic E-state index is 12.8. The Kier molecular flexibility index (Phi) is 14.9. The van der Waals surface area contributed by atoms with E-state index in [9.17, 15) is 19.2 Å². The number of carboxylic acid groups (broad SMARTS) is 1. The van der Waals surface area contributed by atoms with Crippen molar-refractivity contribution in [3.63, 3.8) is 0 Å². The van der Waals surface area contributed by atoms with E-state index in [1.807, 2.05) is 33.8 Å². The number of amides is 2. The highest BCUT2D eigenvalue weighted by atomic mass is 16.6. The van der Waals surface area contributed by atoms with E-state index in [0.29, 0.717) is 41.9 Å². The molecule has 0 saturated carbocycles. The monoisotopic (exact) mass is 618 g/mol. The Hall–Kier alpha value is -5.06. The second-order valence-electron chi connectivity index (χ2n) is 11.0. The van der Waals surface area contributed by atoms with Gasteiger partial charge in [-0.3, -0.25) is 19.6 Å². The topological polar surface area (TPSA) is 157 Å². The lowest BCUT2D eigenvalue weighted by Gasteiger charge is -2.20. The number of hydrogen-bond donors (Lipinski definition) is 3. The van der Waals surface area contributed by atoms with Gasteiger partial charge in [-0.1, -0.05) is 39.8 Å². The van der Waals surface area contributed by atoms with Crippen molar-refractivity contribution >= 4 is 23.8 Å². The van der Waals surface area contributed by atoms with Crippen LogP contribution < -0.4 is 20.1 Å². The Labute approximate surface area is 264 Å². The fourth-order valence-electron chi connectivity index (χ4n) is 4.13. The van der Waals surface area contributed by atoms with Gasteiger partial charge in [0.05, 0.1) is 18.2 Å². The van der Waals surface area contributed by atoms with Crippen LogP contribution in [0.4, 0.5) is 0 Å². The number of allylic oxidation sites excluding steroid dienone is 1. The number of aliphatic carboxylic acids is 1. The smallest absolute Gasteiger partial charge is 0.334 e. The average molecular weight is 619 g/mol. The third kappa shape index (κ3) is 12.6. The van der Waals surface area contributed by atoms with Crippen molar-refractivity contribution in [3.8, 4) is 11.5 Å². The fourth-order valence-corrected chi connectivity index (χ4v) is 4.13. The number of pyridine rings is 2. The van der Waals surface area contributed by atoms with Crippen molar-refractivity contribution < 1.29 is 33.8 Å². The number of hydrogen-bond acceptors (Lipinski definition) is 8. The van der Waals surface area contributed by atoms with Crippen LogP contribution in [0.25, 0.3) is 0 Å². The van der Waals surface area contributed by atoms with E-state index in [1.165, 1.54) is 19.5 Å². The second kappa shape index (κ2) is 18.6. The van der Waals surface area contributed by atoms with Gasteiger partial charge in [-0.2, -0.15) is 0 Å². The summed E-state index contributed by atoms with van der Waals surface area (Å²) in [6, 6.07) is 10.2. The molecule has 2 amide bonds. The maximum atomic E-state index is 12.8. The largest absolute Gasteiger partial charge is 0.493 e. The highest BCUT2D eigenvalue weighted by Gasteiger charge is 2.26. The number of esters is 1. The molecule has 11 nitrogen and oxygen atoms in total. The lowest BCUT2D eigenvalue weighted by atomic mass is 10.0. The number of methoxy groups -OCH3 is 1. The van der Waals surface area contributed by atoms with Crippen LogP contribution in [0.3, 0.4) is 0 Å². The standard InChI is InChI=1S/C22H26N2O4.C12H16N2O3/c1-5-7-16-9-10-19(20(13-16)27-4)28-22(26)18(12-15(2)3)24-21(25)17-8-6-11-23-14-17;1-8(2)6-10(12(16)17)14-11(15)9-4-3-5-13-7-9/h5-6,8-11,13-15,18H,1,7,12H2,2-4H3,(H,24,25);3-5,7-8,10H,6H2,1-2H3,(H,14,15)(H,16,17). The van der Waals surface area contributed by atoms with Gasteiger partial charge < -0.3 is 25.2 Å². The summed E-state index contributed by atoms with van der Waals surface area (Å²) in [5.41, 5.74) is 1.74. The summed E-state index contributed by atoms with van der Waals surface area (Å²) in [6.45, 7) is 11.5. The molecular weight excluding hydrogens is 576 g/mol. The number of carboxylic acids is 1. The van der Waals surface area contributed by atoms with Gasteiger partial charge in [-0.25, -0.2) is 9.59 Å². The first-order valence-electron chi connectivity index (χ1n) is 14.6. The molecule has 2 aromatic heterocycles. The van der Waals surface area contributed by atoms with Crippen molar-refractivity contribution in [3.05, 3.63) is 96.6 Å². The number of aromatic nitrogens is 2. The lowest BCUT2D eigenvalue weighted by molar-refractivity contribution is -0.139. The highest BCUT2D eigenvalue weighted by Crippen LogP contribution is 2.29. The summed E-state index contributed by atoms with van der Waals surface area (Å²) in [7, 11) is 1.51. The van der Waals surface area contributed by atoms with Crippen LogP contribution in [0.1, 0.15) is 66.8 Å². The zero-order valence-electron chi connectivity index (χ0n) is 26.4. The van der Waals surface area contributed by atoms with Crippen LogP contribution in [-0.4, -0.2) is 58.0 Å². The summed E-state index contributed by atoms with van der Waals surface area (Å²) in [4.78, 5) is 55.7. The van der Waals surface area contributed by atoms with E-state index in [-0.39, 0.29) is 17.7 Å². The molecule has 0 spiro atoms. The van der Waals surface area contributed by atoms with Crippen LogP contribution in [0, 0.1) is 11.8 Å². The summed E-state index contributed by atoms with van der Waals surface area (Å²) < 4.78 is 10.9. The number of nitrogens with one attached hydrogen (secondary N) is 2. The van der Waals surface area contributed by atoms with Gasteiger partial charge >= 0.3 is 11.9 Å². The Morgan fingerprint density at radius 1 is 0.844 bits per heavy atom. The minimum Gasteiger partial charge on any atom is -0.493 e. The predicted octanol–water partition coefficient (Wildman–Crippen LogP) is 4.88. The number of nitrogens with zero attached hydrogens (tertiary/aromatic N) is 2. The van der Waals surface area contributed by atoms with Crippen molar-refractivity contribution in [1.29, 1.82) is 0 Å². The molecule has 1 aromatic carbocycles. The Morgan fingerprint density at radius 2 is 1.38 bits per heavy atom. The van der Waals surface area contributed by atoms with Crippen LogP contribution in [0.5, 0.6) is 11.5 Å². The quantitative estimate of drug-likeness (QED) is 0.130. The third-order valence-electron chi connectivity index (χ3n) is 6.27. The molecule has 3 aromatic rings. The summed E-state index contributed by atoms with van der Waals surface area (Å²) in [5, 5.41) is 14.2. The number of ether oxygens (including phenoxy) is 2. The molecule has 11 heteroatoms. The number of benzene rings is 1. The number of carbonyl (C=O) groups excluding carboxylic acids is 3. The van der Waals surface area contributed by atoms with Gasteiger partial charge in [0.25, 0.3) is 11.8 Å². The molecule has 240 valence electrons. The first-order valence-corrected chi connectivity index (χ1v) is 14.6. The molecule has 3 rings (SSSR count). The first kappa shape index (κ1) is 36.1. The van der Waals surface area contributed by atoms with Crippen LogP contribution in [0.2, 0.25) is 0 Å². The van der Waals surface area contributed by atoms with Crippen molar-refractivity contribution in [1.82, 2.24) is 20.6 Å². The fraction of sp³-hybridized carbons (Fsp3) is 0.353. The summed E-state index contributed by atoms with van der Waals surface area (Å²) in [5.74, 6) is -1.19. The van der Waals surface area contributed by atoms with Crippen LogP contribution in [-0.2, 0) is 16.0 Å². The highest BCUT2D eigenvalue weighted by molar-refractivity contribution is 5.97. The van der Waals surface area contributed by atoms with Crippen molar-refractivity contribution in [2.75, 3.05) is 7.11 Å². The van der Waals surface area contributed by atoms with E-state index in [1.54, 1.807) is 54.9 Å². The zero-order chi connectivity index (χ0) is 33.4. The molecule has 0 aliphatic heterocycles. The van der Waals surface area contributed by atoms with Gasteiger partial charge in [-0.15, -0.1) is 6.58 Å². The molecule has 2 unspecified atom stereocenters. The van der Waals surface area contributed by atoms with Crippen LogP contribution >= 0.6 is 0 Å². The average Bonchev–Trinajstić information content (AvgIpc) is 3.01. The van der Waals surface area contributed by atoms with E-state index in [2.05, 4.69) is 27.2 Å². The van der Waals surface area contributed by atoms with Crippen molar-refractivity contribution in [2.24, 2.45) is 11.8 Å². The predicted molar refractivity (Wildman–Crippen MR) is 170 cm³/mol. The molecule has 3 N–H and O–H groups in total. The van der Waals surface area contributed by atoms with Gasteiger partial charge in [-0.05, 0) is 73.1 Å². The lowest BCUT2D eigenvalue weighted by Crippen LogP contribution is -2.43. The van der Waals surface area contributed by atoms with Gasteiger partial charge in [0.15, 0.2) is 11.5 Å². The number of carbonyl (C=O) groups is 4. The Balaban J connectivity index is 0.000000355. The van der Waals surface area contributed by atoms with E-state index in [4.69, 9.17) is 14.6 Å². The van der Waals surface area contributed by atoms with Gasteiger partial charge in [0, 0.05) is 24.8 Å². The molecule has 2 heterocycles. The second-order valence-corrected chi connectivity index (χ2v) is 11.0. The Morgan fingerprint density at radius 3 is 1.82 bits per heavy atom. The molecular formula is C34H42N4O7. The van der Waals surface area contributed by atoms with Gasteiger partial charge in [0.1, 0.15) is 12.1 Å². The molecule has 0 radical (unpaired) electrons. The molecule has 0 bridgehead atoms. The molecule has 45 heavy (non-hydrogen) atoms. The van der Waals surface area contributed by atoms with E-state index in [0.717, 1.165) is 5.56 Å². The minimum atomic E-state index is -1.02. The summed E-state index contributed by atoms with van der Waals surface area (Å²) >= 11 is 0. The number of rotatable bonds is 14. The van der Waals surface area contributed by atoms with Gasteiger partial charge in [0.2, 0.25) is 0 Å². The maximum Gasteiger partial charge on any atom is 0.334 e. The zero-order valence-corrected chi connectivity index (χ0v) is 26.4. The Bertz CT molecular complexity index is 1410. The first-order chi connectivity index (χ1) is 21.4. The van der Waals surface area contributed by atoms with Crippen molar-refractivity contribution in [2.45, 2.75) is 59.0 Å². The third-order valence-corrected chi connectivity index (χ3v) is 6.27. The normalized spacial score (nSPS) is 11.8. The van der Waals surface area contributed by atoms with E-state index >= 15 is 0 Å². The molecule has 0 aliphatic rings.